The molecule has 1 heterocycles. The van der Waals surface area contributed by atoms with E-state index < -0.39 is 0 Å². The Hall–Kier alpha value is -1.00. The van der Waals surface area contributed by atoms with Crippen molar-refractivity contribution in [2.24, 2.45) is 0 Å². The van der Waals surface area contributed by atoms with Crippen molar-refractivity contribution in [2.75, 3.05) is 0 Å². The number of hydrogen-bond acceptors (Lipinski definition) is 3. The van der Waals surface area contributed by atoms with Crippen LogP contribution >= 0.6 is 27.3 Å². The fraction of sp³-hybridized carbons (Fsp3) is 0.286. The highest BCUT2D eigenvalue weighted by atomic mass is 79.9. The molecule has 0 bridgehead atoms. The molecular formula is C14H12BrNOS. The van der Waals surface area contributed by atoms with Gasteiger partial charge in [-0.05, 0) is 30.5 Å². The molecule has 0 atom stereocenters. The molecule has 1 aromatic carbocycles. The zero-order valence-corrected chi connectivity index (χ0v) is 12.2. The molecule has 0 unspecified atom stereocenters. The van der Waals surface area contributed by atoms with E-state index in [0.29, 0.717) is 6.42 Å². The third-order valence-corrected chi connectivity index (χ3v) is 4.67. The summed E-state index contributed by atoms with van der Waals surface area (Å²) in [7, 11) is 0. The first-order valence-electron chi connectivity index (χ1n) is 5.98. The molecule has 1 aromatic heterocycles. The molecule has 18 heavy (non-hydrogen) atoms. The highest BCUT2D eigenvalue weighted by molar-refractivity contribution is 9.10. The van der Waals surface area contributed by atoms with E-state index in [4.69, 9.17) is 0 Å². The minimum absolute atomic E-state index is 0.216. The topological polar surface area (TPSA) is 30.0 Å². The molecule has 3 rings (SSSR count). The van der Waals surface area contributed by atoms with Gasteiger partial charge in [-0.15, -0.1) is 11.3 Å². The largest absolute Gasteiger partial charge is 0.292 e. The van der Waals surface area contributed by atoms with Gasteiger partial charge in [0.1, 0.15) is 5.69 Å². The van der Waals surface area contributed by atoms with Gasteiger partial charge in [-0.1, -0.05) is 28.1 Å². The smallest absolute Gasteiger partial charge is 0.182 e. The predicted molar refractivity (Wildman–Crippen MR) is 76.3 cm³/mol. The number of aryl methyl sites for hydroxylation is 1. The lowest BCUT2D eigenvalue weighted by Crippen LogP contribution is -2.08. The fourth-order valence-electron chi connectivity index (χ4n) is 2.21. The van der Waals surface area contributed by atoms with Crippen LogP contribution in [0, 0.1) is 0 Å². The van der Waals surface area contributed by atoms with Crippen LogP contribution in [0.15, 0.2) is 28.7 Å². The van der Waals surface area contributed by atoms with Crippen LogP contribution in [0.3, 0.4) is 0 Å². The van der Waals surface area contributed by atoms with Crippen LogP contribution in [0.4, 0.5) is 0 Å². The van der Waals surface area contributed by atoms with E-state index in [2.05, 4.69) is 33.0 Å². The molecule has 0 saturated heterocycles. The van der Waals surface area contributed by atoms with Crippen LogP contribution in [-0.2, 0) is 12.8 Å². The van der Waals surface area contributed by atoms with Gasteiger partial charge in [0.25, 0.3) is 0 Å². The van der Waals surface area contributed by atoms with Crippen LogP contribution in [0.25, 0.3) is 0 Å². The molecule has 0 aliphatic heterocycles. The number of carbonyl (C=O) groups excluding carboxylic acids is 1. The molecule has 0 radical (unpaired) electrons. The second-order valence-corrected chi connectivity index (χ2v) is 6.55. The van der Waals surface area contributed by atoms with Gasteiger partial charge in [-0.2, -0.15) is 0 Å². The Kier molecular flexibility index (Phi) is 3.31. The zero-order chi connectivity index (χ0) is 12.5. The van der Waals surface area contributed by atoms with E-state index in [0.717, 1.165) is 34.4 Å². The fourth-order valence-corrected chi connectivity index (χ4v) is 3.82. The van der Waals surface area contributed by atoms with Crippen molar-refractivity contribution in [2.45, 2.75) is 25.7 Å². The molecule has 2 aromatic rings. The lowest BCUT2D eigenvalue weighted by atomic mass is 10.0. The van der Waals surface area contributed by atoms with Crippen LogP contribution in [-0.4, -0.2) is 10.8 Å². The minimum atomic E-state index is 0.216. The Morgan fingerprint density at radius 3 is 3.00 bits per heavy atom. The number of aromatic nitrogens is 1. The maximum Gasteiger partial charge on any atom is 0.182 e. The summed E-state index contributed by atoms with van der Waals surface area (Å²) in [5, 5.41) is 1.05. The molecule has 0 amide bonds. The lowest BCUT2D eigenvalue weighted by molar-refractivity contribution is 0.0968. The first kappa shape index (κ1) is 12.1. The van der Waals surface area contributed by atoms with Crippen molar-refractivity contribution in [3.05, 3.63) is 49.9 Å². The van der Waals surface area contributed by atoms with Gasteiger partial charge >= 0.3 is 0 Å². The normalized spacial score (nSPS) is 14.6. The molecule has 2 nitrogen and oxygen atoms in total. The van der Waals surface area contributed by atoms with Crippen molar-refractivity contribution >= 4 is 33.0 Å². The molecule has 1 aliphatic carbocycles. The average molecular weight is 322 g/mol. The summed E-state index contributed by atoms with van der Waals surface area (Å²) in [6.07, 6.45) is 3.46. The Morgan fingerprint density at radius 2 is 2.22 bits per heavy atom. The Labute approximate surface area is 118 Å². The van der Waals surface area contributed by atoms with Gasteiger partial charge in [0, 0.05) is 22.2 Å². The Bertz CT molecular complexity index is 606. The van der Waals surface area contributed by atoms with E-state index >= 15 is 0 Å². The van der Waals surface area contributed by atoms with Crippen LogP contribution in [0.5, 0.6) is 0 Å². The number of carbonyl (C=O) groups is 1. The molecule has 4 heteroatoms. The standard InChI is InChI=1S/C14H12BrNOS/c15-10-4-1-3-9(7-10)8-13-16-14-11(17)5-2-6-12(14)18-13/h1,3-4,7H,2,5-6,8H2. The minimum Gasteiger partial charge on any atom is -0.292 e. The third-order valence-electron chi connectivity index (χ3n) is 3.06. The van der Waals surface area contributed by atoms with E-state index in [9.17, 15) is 4.79 Å². The van der Waals surface area contributed by atoms with Crippen molar-refractivity contribution in [3.63, 3.8) is 0 Å². The lowest BCUT2D eigenvalue weighted by Gasteiger charge is -2.06. The van der Waals surface area contributed by atoms with Gasteiger partial charge in [-0.3, -0.25) is 4.79 Å². The molecule has 1 aliphatic rings. The number of Topliss-reactive ketones (excluding diaryl/α,β-unsaturated/α-hetero) is 1. The molecule has 0 saturated carbocycles. The number of thiazole rings is 1. The quantitative estimate of drug-likeness (QED) is 0.836. The maximum atomic E-state index is 11.7. The van der Waals surface area contributed by atoms with Crippen molar-refractivity contribution in [1.29, 1.82) is 0 Å². The van der Waals surface area contributed by atoms with E-state index in [1.165, 1.54) is 10.4 Å². The monoisotopic (exact) mass is 321 g/mol. The summed E-state index contributed by atoms with van der Waals surface area (Å²) in [6.45, 7) is 0. The summed E-state index contributed by atoms with van der Waals surface area (Å²) in [4.78, 5) is 17.4. The molecule has 92 valence electrons. The molecule has 0 N–H and O–H groups in total. The SMILES string of the molecule is O=C1CCCc2sc(Cc3cccc(Br)c3)nc21. The van der Waals surface area contributed by atoms with Gasteiger partial charge in [-0.25, -0.2) is 4.98 Å². The predicted octanol–water partition coefficient (Wildman–Crippen LogP) is 4.02. The molecule has 0 fully saturated rings. The maximum absolute atomic E-state index is 11.7. The first-order chi connectivity index (χ1) is 8.72. The second-order valence-electron chi connectivity index (χ2n) is 4.46. The molecular weight excluding hydrogens is 310 g/mol. The first-order valence-corrected chi connectivity index (χ1v) is 7.59. The van der Waals surface area contributed by atoms with Gasteiger partial charge in [0.2, 0.25) is 0 Å². The van der Waals surface area contributed by atoms with Crippen molar-refractivity contribution in [3.8, 4) is 0 Å². The number of benzene rings is 1. The highest BCUT2D eigenvalue weighted by Crippen LogP contribution is 2.28. The number of fused-ring (bicyclic) bond motifs is 1. The van der Waals surface area contributed by atoms with Crippen molar-refractivity contribution < 1.29 is 4.79 Å². The summed E-state index contributed by atoms with van der Waals surface area (Å²) >= 11 is 5.16. The number of rotatable bonds is 2. The van der Waals surface area contributed by atoms with Crippen LogP contribution in [0.1, 0.15) is 38.8 Å². The van der Waals surface area contributed by atoms with Crippen LogP contribution < -0.4 is 0 Å². The highest BCUT2D eigenvalue weighted by Gasteiger charge is 2.22. The van der Waals surface area contributed by atoms with Gasteiger partial charge in [0.05, 0.1) is 5.01 Å². The zero-order valence-electron chi connectivity index (χ0n) is 9.78. The summed E-state index contributed by atoms with van der Waals surface area (Å²) in [5.74, 6) is 0.216. The number of halogens is 1. The van der Waals surface area contributed by atoms with E-state index in [-0.39, 0.29) is 5.78 Å². The van der Waals surface area contributed by atoms with E-state index in [1.54, 1.807) is 11.3 Å². The van der Waals surface area contributed by atoms with Gasteiger partial charge < -0.3 is 0 Å². The number of nitrogens with zero attached hydrogens (tertiary/aromatic N) is 1. The number of ketones is 1. The summed E-state index contributed by atoms with van der Waals surface area (Å²) in [6, 6.07) is 8.23. The summed E-state index contributed by atoms with van der Waals surface area (Å²) < 4.78 is 1.08. The second kappa shape index (κ2) is 4.94. The average Bonchev–Trinajstić information content (AvgIpc) is 2.73. The Morgan fingerprint density at radius 1 is 1.33 bits per heavy atom. The van der Waals surface area contributed by atoms with Crippen molar-refractivity contribution in [1.82, 2.24) is 4.98 Å². The third kappa shape index (κ3) is 2.40. The molecule has 0 spiro atoms. The number of hydrogen-bond donors (Lipinski definition) is 0. The Balaban J connectivity index is 1.88. The summed E-state index contributed by atoms with van der Waals surface area (Å²) in [5.41, 5.74) is 1.96. The van der Waals surface area contributed by atoms with E-state index in [1.807, 2.05) is 12.1 Å². The van der Waals surface area contributed by atoms with Crippen LogP contribution in [0.2, 0.25) is 0 Å². The van der Waals surface area contributed by atoms with Gasteiger partial charge in [0.15, 0.2) is 5.78 Å².